The van der Waals surface area contributed by atoms with Gasteiger partial charge in [-0.2, -0.15) is 0 Å². The lowest BCUT2D eigenvalue weighted by atomic mass is 10.2. The fraction of sp³-hybridized carbons (Fsp3) is 0.636. The van der Waals surface area contributed by atoms with Gasteiger partial charge in [0.2, 0.25) is 5.88 Å². The molecule has 90 valence electrons. The summed E-state index contributed by atoms with van der Waals surface area (Å²) in [5.74, 6) is 0.407. The molecule has 1 rings (SSSR count). The molecule has 0 aromatic carbocycles. The summed E-state index contributed by atoms with van der Waals surface area (Å²) in [5.41, 5.74) is 0.330. The Labute approximate surface area is 95.4 Å². The van der Waals surface area contributed by atoms with Gasteiger partial charge >= 0.3 is 0 Å². The molecule has 5 heteroatoms. The van der Waals surface area contributed by atoms with Crippen LogP contribution in [0.15, 0.2) is 12.4 Å². The lowest BCUT2D eigenvalue weighted by molar-refractivity contribution is -0.0168. The zero-order valence-corrected chi connectivity index (χ0v) is 9.93. The molecular weight excluding hydrogens is 208 g/mol. The van der Waals surface area contributed by atoms with Crippen molar-refractivity contribution >= 4 is 0 Å². The molecule has 0 aliphatic carbocycles. The van der Waals surface area contributed by atoms with Gasteiger partial charge in [-0.3, -0.25) is 4.98 Å². The van der Waals surface area contributed by atoms with Crippen LogP contribution in [0.25, 0.3) is 0 Å². The van der Waals surface area contributed by atoms with Gasteiger partial charge in [0, 0.05) is 0 Å². The zero-order chi connectivity index (χ0) is 12.0. The van der Waals surface area contributed by atoms with Crippen molar-refractivity contribution in [2.45, 2.75) is 33.0 Å². The second-order valence-corrected chi connectivity index (χ2v) is 4.32. The van der Waals surface area contributed by atoms with Crippen LogP contribution in [0.1, 0.15) is 26.5 Å². The topological polar surface area (TPSA) is 64.5 Å². The summed E-state index contributed by atoms with van der Waals surface area (Å²) in [6, 6.07) is 0. The highest BCUT2D eigenvalue weighted by Gasteiger charge is 2.09. The van der Waals surface area contributed by atoms with Gasteiger partial charge in [-0.25, -0.2) is 4.98 Å². The third-order valence-corrected chi connectivity index (χ3v) is 1.69. The summed E-state index contributed by atoms with van der Waals surface area (Å²) in [4.78, 5) is 7.93. The summed E-state index contributed by atoms with van der Waals surface area (Å²) in [6.45, 7) is 6.73. The maximum Gasteiger partial charge on any atom is 0.232 e. The molecule has 0 saturated heterocycles. The molecule has 0 fully saturated rings. The van der Waals surface area contributed by atoms with E-state index in [4.69, 9.17) is 14.6 Å². The molecule has 0 radical (unpaired) electrons. The van der Waals surface area contributed by atoms with E-state index in [0.717, 1.165) is 0 Å². The average molecular weight is 226 g/mol. The second-order valence-electron chi connectivity index (χ2n) is 4.32. The first-order valence-electron chi connectivity index (χ1n) is 5.20. The van der Waals surface area contributed by atoms with Crippen LogP contribution in [0, 0.1) is 0 Å². The van der Waals surface area contributed by atoms with E-state index >= 15 is 0 Å². The Morgan fingerprint density at radius 3 is 2.62 bits per heavy atom. The van der Waals surface area contributed by atoms with Crippen LogP contribution in [0.5, 0.6) is 5.88 Å². The van der Waals surface area contributed by atoms with Crippen molar-refractivity contribution in [2.75, 3.05) is 13.2 Å². The molecule has 0 aliphatic heterocycles. The highest BCUT2D eigenvalue weighted by atomic mass is 16.5. The molecule has 1 aromatic rings. The Bertz CT molecular complexity index is 323. The smallest absolute Gasteiger partial charge is 0.232 e. The first kappa shape index (κ1) is 12.9. The highest BCUT2D eigenvalue weighted by molar-refractivity contribution is 5.07. The number of nitrogens with zero attached hydrogens (tertiary/aromatic N) is 2. The van der Waals surface area contributed by atoms with E-state index in [1.165, 1.54) is 12.4 Å². The quantitative estimate of drug-likeness (QED) is 0.763. The lowest BCUT2D eigenvalue weighted by Gasteiger charge is -2.19. The van der Waals surface area contributed by atoms with Crippen molar-refractivity contribution in [3.05, 3.63) is 18.1 Å². The predicted molar refractivity (Wildman–Crippen MR) is 59.2 cm³/mol. The third-order valence-electron chi connectivity index (χ3n) is 1.69. The molecule has 5 nitrogen and oxygen atoms in total. The van der Waals surface area contributed by atoms with Gasteiger partial charge in [-0.1, -0.05) is 0 Å². The highest BCUT2D eigenvalue weighted by Crippen LogP contribution is 2.08. The molecule has 0 unspecified atom stereocenters. The molecular formula is C11H18N2O3. The molecule has 1 N–H and O–H groups in total. The summed E-state index contributed by atoms with van der Waals surface area (Å²) < 4.78 is 10.8. The number of aliphatic hydroxyl groups excluding tert-OH is 1. The first-order chi connectivity index (χ1) is 7.51. The number of aliphatic hydroxyl groups is 1. The fourth-order valence-electron chi connectivity index (χ4n) is 1.03. The van der Waals surface area contributed by atoms with Gasteiger partial charge < -0.3 is 14.6 Å². The Balaban J connectivity index is 2.32. The summed E-state index contributed by atoms with van der Waals surface area (Å²) >= 11 is 0. The Hall–Kier alpha value is -1.20. The van der Waals surface area contributed by atoms with Gasteiger partial charge in [0.25, 0.3) is 0 Å². The number of ether oxygens (including phenoxy) is 2. The summed E-state index contributed by atoms with van der Waals surface area (Å²) in [7, 11) is 0. The van der Waals surface area contributed by atoms with Crippen LogP contribution < -0.4 is 4.74 Å². The average Bonchev–Trinajstić information content (AvgIpc) is 2.23. The molecule has 0 atom stereocenters. The molecule has 0 aliphatic rings. The predicted octanol–water partition coefficient (Wildman–Crippen LogP) is 1.16. The molecule has 0 amide bonds. The van der Waals surface area contributed by atoms with E-state index in [1.54, 1.807) is 0 Å². The van der Waals surface area contributed by atoms with Crippen molar-refractivity contribution in [1.29, 1.82) is 0 Å². The number of hydrogen-bond acceptors (Lipinski definition) is 5. The van der Waals surface area contributed by atoms with Crippen LogP contribution in [0.2, 0.25) is 0 Å². The minimum atomic E-state index is -0.165. The van der Waals surface area contributed by atoms with Crippen molar-refractivity contribution in [1.82, 2.24) is 9.97 Å². The molecule has 1 heterocycles. The van der Waals surface area contributed by atoms with E-state index in [0.29, 0.717) is 24.8 Å². The maximum absolute atomic E-state index is 8.86. The molecule has 0 saturated carbocycles. The van der Waals surface area contributed by atoms with Crippen molar-refractivity contribution in [3.8, 4) is 5.88 Å². The van der Waals surface area contributed by atoms with Gasteiger partial charge in [0.1, 0.15) is 6.61 Å². The molecule has 0 spiro atoms. The normalized spacial score (nSPS) is 11.5. The Morgan fingerprint density at radius 1 is 1.25 bits per heavy atom. The Morgan fingerprint density at radius 2 is 2.00 bits per heavy atom. The largest absolute Gasteiger partial charge is 0.474 e. The molecule has 16 heavy (non-hydrogen) atoms. The maximum atomic E-state index is 8.86. The van der Waals surface area contributed by atoms with Crippen LogP contribution in [0.4, 0.5) is 0 Å². The van der Waals surface area contributed by atoms with Gasteiger partial charge in [-0.15, -0.1) is 0 Å². The fourth-order valence-corrected chi connectivity index (χ4v) is 1.03. The van der Waals surface area contributed by atoms with E-state index in [-0.39, 0.29) is 12.2 Å². The number of hydrogen-bond donors (Lipinski definition) is 1. The van der Waals surface area contributed by atoms with Crippen LogP contribution in [-0.2, 0) is 11.3 Å². The van der Waals surface area contributed by atoms with E-state index in [2.05, 4.69) is 9.97 Å². The zero-order valence-electron chi connectivity index (χ0n) is 9.93. The van der Waals surface area contributed by atoms with Crippen LogP contribution in [-0.4, -0.2) is 33.9 Å². The first-order valence-corrected chi connectivity index (χ1v) is 5.20. The number of rotatable bonds is 5. The van der Waals surface area contributed by atoms with E-state index in [1.807, 2.05) is 20.8 Å². The minimum absolute atomic E-state index is 0.136. The van der Waals surface area contributed by atoms with Crippen molar-refractivity contribution in [2.24, 2.45) is 0 Å². The van der Waals surface area contributed by atoms with E-state index < -0.39 is 0 Å². The standard InChI is InChI=1S/C11H18N2O3/c1-11(2,3)16-5-4-15-10-7-12-6-9(8-14)13-10/h6-7,14H,4-5,8H2,1-3H3. The third kappa shape index (κ3) is 5.04. The van der Waals surface area contributed by atoms with E-state index in [9.17, 15) is 0 Å². The summed E-state index contributed by atoms with van der Waals surface area (Å²) in [5, 5.41) is 8.86. The minimum Gasteiger partial charge on any atom is -0.474 e. The van der Waals surface area contributed by atoms with Gasteiger partial charge in [0.05, 0.1) is 36.9 Å². The monoisotopic (exact) mass is 226 g/mol. The lowest BCUT2D eigenvalue weighted by Crippen LogP contribution is -2.22. The molecule has 0 bridgehead atoms. The molecule has 1 aromatic heterocycles. The Kier molecular flexibility index (Phi) is 4.64. The van der Waals surface area contributed by atoms with Gasteiger partial charge in [-0.05, 0) is 20.8 Å². The SMILES string of the molecule is CC(C)(C)OCCOc1cncc(CO)n1. The van der Waals surface area contributed by atoms with Crippen LogP contribution >= 0.6 is 0 Å². The number of aromatic nitrogens is 2. The van der Waals surface area contributed by atoms with Gasteiger partial charge in [0.15, 0.2) is 0 Å². The van der Waals surface area contributed by atoms with Crippen molar-refractivity contribution in [3.63, 3.8) is 0 Å². The van der Waals surface area contributed by atoms with Crippen molar-refractivity contribution < 1.29 is 14.6 Å². The second kappa shape index (κ2) is 5.77. The van der Waals surface area contributed by atoms with Crippen LogP contribution in [0.3, 0.4) is 0 Å². The summed E-state index contributed by atoms with van der Waals surface area (Å²) in [6.07, 6.45) is 3.01.